The maximum atomic E-state index is 12.6. The van der Waals surface area contributed by atoms with E-state index < -0.39 is 11.7 Å². The van der Waals surface area contributed by atoms with Gasteiger partial charge in [0.05, 0.1) is 10.6 Å². The van der Waals surface area contributed by atoms with Crippen LogP contribution in [0.2, 0.25) is 5.02 Å². The summed E-state index contributed by atoms with van der Waals surface area (Å²) in [6.45, 7) is 2.93. The van der Waals surface area contributed by atoms with E-state index in [1.807, 2.05) is 11.8 Å². The molecule has 1 N–H and O–H groups in total. The van der Waals surface area contributed by atoms with Crippen molar-refractivity contribution in [3.63, 3.8) is 0 Å². The zero-order valence-electron chi connectivity index (χ0n) is 14.4. The van der Waals surface area contributed by atoms with Crippen molar-refractivity contribution in [2.75, 3.05) is 23.3 Å². The predicted molar refractivity (Wildman–Crippen MR) is 98.8 cm³/mol. The van der Waals surface area contributed by atoms with Crippen LogP contribution in [0.15, 0.2) is 54.2 Å². The van der Waals surface area contributed by atoms with Crippen molar-refractivity contribution in [3.05, 3.63) is 64.8 Å². The summed E-state index contributed by atoms with van der Waals surface area (Å²) in [7, 11) is 0. The fourth-order valence-corrected chi connectivity index (χ4v) is 3.20. The number of hydrogen-bond donors (Lipinski definition) is 1. The van der Waals surface area contributed by atoms with Gasteiger partial charge in [0.2, 0.25) is 0 Å². The standard InChI is InChI=1S/C19H17ClF3N3O/c1-12-11-26(17-16(20)3-2-9-24-17)10-8-15(12)18(27)25-14-6-4-13(5-7-14)19(21,22)23/h2-9,12H,10-11H2,1H3,(H,25,27)/t12-/m1/s1. The normalized spacial score (nSPS) is 17.4. The van der Waals surface area contributed by atoms with Crippen LogP contribution in [0.3, 0.4) is 0 Å². The molecule has 0 bridgehead atoms. The molecule has 1 aromatic carbocycles. The first-order valence-corrected chi connectivity index (χ1v) is 8.67. The summed E-state index contributed by atoms with van der Waals surface area (Å²) >= 11 is 6.17. The molecule has 0 radical (unpaired) electrons. The molecule has 0 fully saturated rings. The molecule has 0 aliphatic carbocycles. The van der Waals surface area contributed by atoms with Crippen molar-refractivity contribution in [2.45, 2.75) is 13.1 Å². The topological polar surface area (TPSA) is 45.2 Å². The average molecular weight is 396 g/mol. The van der Waals surface area contributed by atoms with Gasteiger partial charge in [-0.25, -0.2) is 4.98 Å². The lowest BCUT2D eigenvalue weighted by Crippen LogP contribution is -2.37. The van der Waals surface area contributed by atoms with E-state index in [2.05, 4.69) is 10.3 Å². The molecule has 142 valence electrons. The number of hydrogen-bond acceptors (Lipinski definition) is 3. The van der Waals surface area contributed by atoms with E-state index in [0.29, 0.717) is 35.2 Å². The predicted octanol–water partition coefficient (Wildman–Crippen LogP) is 4.78. The van der Waals surface area contributed by atoms with Crippen LogP contribution in [0.1, 0.15) is 12.5 Å². The summed E-state index contributed by atoms with van der Waals surface area (Å²) in [4.78, 5) is 18.8. The maximum absolute atomic E-state index is 12.6. The third kappa shape index (κ3) is 4.42. The quantitative estimate of drug-likeness (QED) is 0.813. The SMILES string of the molecule is C[C@@H]1CN(c2ncccc2Cl)CC=C1C(=O)Nc1ccc(C(F)(F)F)cc1. The van der Waals surface area contributed by atoms with Crippen molar-refractivity contribution >= 4 is 29.0 Å². The van der Waals surface area contributed by atoms with Gasteiger partial charge in [0.25, 0.3) is 5.91 Å². The van der Waals surface area contributed by atoms with E-state index in [1.165, 1.54) is 12.1 Å². The summed E-state index contributed by atoms with van der Waals surface area (Å²) in [5.41, 5.74) is 0.142. The van der Waals surface area contributed by atoms with Crippen molar-refractivity contribution in [3.8, 4) is 0 Å². The Morgan fingerprint density at radius 1 is 1.26 bits per heavy atom. The molecule has 2 heterocycles. The molecule has 3 rings (SSSR count). The van der Waals surface area contributed by atoms with Gasteiger partial charge in [-0.3, -0.25) is 4.79 Å². The van der Waals surface area contributed by atoms with Crippen LogP contribution >= 0.6 is 11.6 Å². The first-order chi connectivity index (χ1) is 12.8. The molecule has 4 nitrogen and oxygen atoms in total. The Morgan fingerprint density at radius 2 is 1.96 bits per heavy atom. The highest BCUT2D eigenvalue weighted by atomic mass is 35.5. The van der Waals surface area contributed by atoms with Gasteiger partial charge < -0.3 is 10.2 Å². The van der Waals surface area contributed by atoms with Gasteiger partial charge in [-0.1, -0.05) is 24.6 Å². The second kappa shape index (κ2) is 7.60. The number of halogens is 4. The molecule has 1 aliphatic rings. The molecular formula is C19H17ClF3N3O. The minimum atomic E-state index is -4.40. The second-order valence-electron chi connectivity index (χ2n) is 6.30. The highest BCUT2D eigenvalue weighted by Gasteiger charge is 2.30. The fourth-order valence-electron chi connectivity index (χ4n) is 2.96. The summed E-state index contributed by atoms with van der Waals surface area (Å²) in [5, 5.41) is 3.19. The van der Waals surface area contributed by atoms with Crippen LogP contribution in [0, 0.1) is 5.92 Å². The molecule has 0 unspecified atom stereocenters. The van der Waals surface area contributed by atoms with Crippen molar-refractivity contribution < 1.29 is 18.0 Å². The minimum absolute atomic E-state index is 0.0914. The molecule has 1 aliphatic heterocycles. The Bertz CT molecular complexity index is 865. The van der Waals surface area contributed by atoms with Gasteiger partial charge >= 0.3 is 6.18 Å². The summed E-state index contributed by atoms with van der Waals surface area (Å²) in [6, 6.07) is 7.88. The number of nitrogens with one attached hydrogen (secondary N) is 1. The number of nitrogens with zero attached hydrogens (tertiary/aromatic N) is 2. The summed E-state index contributed by atoms with van der Waals surface area (Å²) in [5.74, 6) is 0.241. The zero-order valence-corrected chi connectivity index (χ0v) is 15.2. The van der Waals surface area contributed by atoms with Crippen LogP contribution < -0.4 is 10.2 Å². The van der Waals surface area contributed by atoms with E-state index in [-0.39, 0.29) is 11.8 Å². The molecule has 1 amide bonds. The highest BCUT2D eigenvalue weighted by molar-refractivity contribution is 6.32. The summed E-state index contributed by atoms with van der Waals surface area (Å²) in [6.07, 6.45) is -0.958. The number of carbonyl (C=O) groups excluding carboxylic acids is 1. The maximum Gasteiger partial charge on any atom is 0.416 e. The number of benzene rings is 1. The average Bonchev–Trinajstić information content (AvgIpc) is 2.61. The molecule has 0 spiro atoms. The smallest absolute Gasteiger partial charge is 0.351 e. The van der Waals surface area contributed by atoms with Crippen molar-refractivity contribution in [1.29, 1.82) is 0 Å². The van der Waals surface area contributed by atoms with Gasteiger partial charge in [-0.15, -0.1) is 0 Å². The van der Waals surface area contributed by atoms with Gasteiger partial charge in [0, 0.05) is 36.5 Å². The van der Waals surface area contributed by atoms with Crippen LogP contribution in [0.5, 0.6) is 0 Å². The fraction of sp³-hybridized carbons (Fsp3) is 0.263. The minimum Gasteiger partial charge on any atom is -0.351 e. The van der Waals surface area contributed by atoms with E-state index >= 15 is 0 Å². The van der Waals surface area contributed by atoms with Gasteiger partial charge in [0.15, 0.2) is 0 Å². The van der Waals surface area contributed by atoms with Gasteiger partial charge in [0.1, 0.15) is 5.82 Å². The van der Waals surface area contributed by atoms with Crippen molar-refractivity contribution in [2.24, 2.45) is 5.92 Å². The Labute approximate surface area is 159 Å². The lowest BCUT2D eigenvalue weighted by Gasteiger charge is -2.31. The van der Waals surface area contributed by atoms with Crippen LogP contribution in [0.25, 0.3) is 0 Å². The number of aromatic nitrogens is 1. The lowest BCUT2D eigenvalue weighted by molar-refractivity contribution is -0.137. The molecule has 2 aromatic rings. The number of pyridine rings is 1. The highest BCUT2D eigenvalue weighted by Crippen LogP contribution is 2.31. The molecule has 0 saturated carbocycles. The van der Waals surface area contributed by atoms with Gasteiger partial charge in [-0.05, 0) is 36.4 Å². The van der Waals surface area contributed by atoms with E-state index in [0.717, 1.165) is 12.1 Å². The Balaban J connectivity index is 1.69. The molecular weight excluding hydrogens is 379 g/mol. The lowest BCUT2D eigenvalue weighted by atomic mass is 9.95. The van der Waals surface area contributed by atoms with Crippen LogP contribution in [0.4, 0.5) is 24.7 Å². The number of amides is 1. The molecule has 0 saturated heterocycles. The number of anilines is 2. The Morgan fingerprint density at radius 3 is 2.56 bits per heavy atom. The Hall–Kier alpha value is -2.54. The molecule has 1 atom stereocenters. The van der Waals surface area contributed by atoms with E-state index in [9.17, 15) is 18.0 Å². The number of rotatable bonds is 3. The Kier molecular flexibility index (Phi) is 5.41. The van der Waals surface area contributed by atoms with E-state index in [1.54, 1.807) is 24.4 Å². The largest absolute Gasteiger partial charge is 0.416 e. The number of carbonyl (C=O) groups is 1. The second-order valence-corrected chi connectivity index (χ2v) is 6.71. The summed E-state index contributed by atoms with van der Waals surface area (Å²) < 4.78 is 37.8. The first-order valence-electron chi connectivity index (χ1n) is 8.30. The van der Waals surface area contributed by atoms with Gasteiger partial charge in [-0.2, -0.15) is 13.2 Å². The molecule has 1 aromatic heterocycles. The third-order valence-electron chi connectivity index (χ3n) is 4.33. The monoisotopic (exact) mass is 395 g/mol. The number of alkyl halides is 3. The van der Waals surface area contributed by atoms with E-state index in [4.69, 9.17) is 11.6 Å². The molecule has 27 heavy (non-hydrogen) atoms. The van der Waals surface area contributed by atoms with Crippen LogP contribution in [-0.4, -0.2) is 24.0 Å². The van der Waals surface area contributed by atoms with Crippen molar-refractivity contribution in [1.82, 2.24) is 4.98 Å². The zero-order chi connectivity index (χ0) is 19.6. The first kappa shape index (κ1) is 19.2. The third-order valence-corrected chi connectivity index (χ3v) is 4.62. The molecule has 8 heteroatoms. The van der Waals surface area contributed by atoms with Crippen LogP contribution in [-0.2, 0) is 11.0 Å².